The van der Waals surface area contributed by atoms with E-state index in [0.29, 0.717) is 13.0 Å². The van der Waals surface area contributed by atoms with Gasteiger partial charge < -0.3 is 10.4 Å². The Hall–Kier alpha value is 0.140. The van der Waals surface area contributed by atoms with E-state index in [0.717, 1.165) is 19.4 Å². The van der Waals surface area contributed by atoms with Gasteiger partial charge in [0.2, 0.25) is 0 Å². The number of alkyl halides is 1. The number of hydrogen-bond donors (Lipinski definition) is 2. The topological polar surface area (TPSA) is 32.3 Å². The summed E-state index contributed by atoms with van der Waals surface area (Å²) in [5.41, 5.74) is -1.07. The first-order chi connectivity index (χ1) is 4.77. The lowest BCUT2D eigenvalue weighted by atomic mass is 10.0. The number of β-amino-alcohol motifs (C(OH)–C–C–N with tert-alkyl or cyclic N) is 1. The number of aliphatic hydroxyl groups is 1. The van der Waals surface area contributed by atoms with E-state index < -0.39 is 12.3 Å². The van der Waals surface area contributed by atoms with Crippen molar-refractivity contribution in [3.63, 3.8) is 0 Å². The Labute approximate surface area is 72.6 Å². The minimum Gasteiger partial charge on any atom is -0.386 e. The standard InChI is InChI=1S/C7H14FNO.ClH/c8-5-7(10)3-1-2-4-9-6-7;/h9-10H,1-6H2;1H. The molecule has 0 aromatic carbocycles. The smallest absolute Gasteiger partial charge is 0.119 e. The lowest BCUT2D eigenvalue weighted by Crippen LogP contribution is -2.40. The monoisotopic (exact) mass is 183 g/mol. The van der Waals surface area contributed by atoms with E-state index in [1.54, 1.807) is 0 Å². The van der Waals surface area contributed by atoms with Crippen LogP contribution in [0, 0.1) is 0 Å². The highest BCUT2D eigenvalue weighted by Crippen LogP contribution is 2.16. The molecular weight excluding hydrogens is 169 g/mol. The van der Waals surface area contributed by atoms with Gasteiger partial charge in [0.05, 0.1) is 0 Å². The lowest BCUT2D eigenvalue weighted by Gasteiger charge is -2.21. The van der Waals surface area contributed by atoms with Gasteiger partial charge in [-0.3, -0.25) is 0 Å². The second-order valence-corrected chi connectivity index (χ2v) is 2.99. The van der Waals surface area contributed by atoms with Gasteiger partial charge >= 0.3 is 0 Å². The van der Waals surface area contributed by atoms with Crippen LogP contribution in [-0.2, 0) is 0 Å². The van der Waals surface area contributed by atoms with E-state index in [2.05, 4.69) is 5.32 Å². The zero-order chi connectivity index (χ0) is 7.45. The molecule has 11 heavy (non-hydrogen) atoms. The van der Waals surface area contributed by atoms with Crippen LogP contribution in [0.3, 0.4) is 0 Å². The van der Waals surface area contributed by atoms with Crippen LogP contribution in [0.4, 0.5) is 4.39 Å². The van der Waals surface area contributed by atoms with Crippen molar-refractivity contribution in [3.05, 3.63) is 0 Å². The van der Waals surface area contributed by atoms with Gasteiger partial charge in [-0.15, -0.1) is 12.4 Å². The first kappa shape index (κ1) is 11.1. The highest BCUT2D eigenvalue weighted by Gasteiger charge is 2.27. The van der Waals surface area contributed by atoms with Gasteiger partial charge in [0.25, 0.3) is 0 Å². The molecule has 1 aliphatic heterocycles. The molecule has 1 aliphatic rings. The van der Waals surface area contributed by atoms with Crippen molar-refractivity contribution in [1.82, 2.24) is 5.32 Å². The molecule has 0 spiro atoms. The van der Waals surface area contributed by atoms with Gasteiger partial charge in [-0.1, -0.05) is 0 Å². The van der Waals surface area contributed by atoms with E-state index >= 15 is 0 Å². The van der Waals surface area contributed by atoms with Crippen LogP contribution >= 0.6 is 12.4 Å². The Balaban J connectivity index is 0.000001000. The molecule has 68 valence electrons. The fourth-order valence-corrected chi connectivity index (χ4v) is 1.23. The summed E-state index contributed by atoms with van der Waals surface area (Å²) in [6.45, 7) is 0.686. The van der Waals surface area contributed by atoms with Gasteiger partial charge in [0, 0.05) is 6.54 Å². The minimum absolute atomic E-state index is 0. The molecule has 0 radical (unpaired) electrons. The minimum atomic E-state index is -1.07. The summed E-state index contributed by atoms with van der Waals surface area (Å²) in [6.07, 6.45) is 2.56. The molecule has 1 heterocycles. The van der Waals surface area contributed by atoms with Gasteiger partial charge in [-0.05, 0) is 25.8 Å². The Morgan fingerprint density at radius 1 is 1.45 bits per heavy atom. The first-order valence-electron chi connectivity index (χ1n) is 3.76. The third kappa shape index (κ3) is 3.36. The summed E-state index contributed by atoms with van der Waals surface area (Å²) in [4.78, 5) is 0. The van der Waals surface area contributed by atoms with Crippen molar-refractivity contribution >= 4 is 12.4 Å². The lowest BCUT2D eigenvalue weighted by molar-refractivity contribution is 0.0123. The Morgan fingerprint density at radius 3 is 2.82 bits per heavy atom. The normalized spacial score (nSPS) is 32.2. The van der Waals surface area contributed by atoms with Crippen molar-refractivity contribution in [1.29, 1.82) is 0 Å². The zero-order valence-electron chi connectivity index (χ0n) is 6.48. The molecule has 0 bridgehead atoms. The molecule has 4 heteroatoms. The van der Waals surface area contributed by atoms with Crippen LogP contribution in [0.2, 0.25) is 0 Å². The zero-order valence-corrected chi connectivity index (χ0v) is 7.29. The van der Waals surface area contributed by atoms with Gasteiger partial charge in [0.1, 0.15) is 12.3 Å². The quantitative estimate of drug-likeness (QED) is 0.633. The Bertz CT molecular complexity index is 105. The fraction of sp³-hybridized carbons (Fsp3) is 1.00. The fourth-order valence-electron chi connectivity index (χ4n) is 1.23. The van der Waals surface area contributed by atoms with Crippen LogP contribution in [0.1, 0.15) is 19.3 Å². The average molecular weight is 184 g/mol. The molecule has 0 aliphatic carbocycles. The maximum absolute atomic E-state index is 12.2. The summed E-state index contributed by atoms with van der Waals surface area (Å²) >= 11 is 0. The van der Waals surface area contributed by atoms with Crippen molar-refractivity contribution < 1.29 is 9.50 Å². The van der Waals surface area contributed by atoms with E-state index in [9.17, 15) is 9.50 Å². The second-order valence-electron chi connectivity index (χ2n) is 2.99. The van der Waals surface area contributed by atoms with Crippen molar-refractivity contribution in [2.24, 2.45) is 0 Å². The molecule has 0 aromatic rings. The molecule has 0 saturated carbocycles. The second kappa shape index (κ2) is 4.91. The molecule has 2 N–H and O–H groups in total. The highest BCUT2D eigenvalue weighted by molar-refractivity contribution is 5.85. The maximum Gasteiger partial charge on any atom is 0.119 e. The van der Waals surface area contributed by atoms with Crippen molar-refractivity contribution in [2.75, 3.05) is 19.8 Å². The average Bonchev–Trinajstić information content (AvgIpc) is 2.15. The van der Waals surface area contributed by atoms with Crippen LogP contribution in [0.25, 0.3) is 0 Å². The molecule has 1 saturated heterocycles. The van der Waals surface area contributed by atoms with Crippen molar-refractivity contribution in [2.45, 2.75) is 24.9 Å². The molecule has 1 fully saturated rings. The van der Waals surface area contributed by atoms with Crippen LogP contribution < -0.4 is 5.32 Å². The maximum atomic E-state index is 12.2. The van der Waals surface area contributed by atoms with Gasteiger partial charge in [0.15, 0.2) is 0 Å². The molecule has 0 amide bonds. The predicted octanol–water partition coefficient (Wildman–Crippen LogP) is 0.882. The molecule has 1 atom stereocenters. The molecule has 1 rings (SSSR count). The Kier molecular flexibility index (Phi) is 4.97. The number of rotatable bonds is 1. The third-order valence-electron chi connectivity index (χ3n) is 1.95. The molecule has 0 aromatic heterocycles. The molecule has 1 unspecified atom stereocenters. The van der Waals surface area contributed by atoms with Gasteiger partial charge in [-0.2, -0.15) is 0 Å². The van der Waals surface area contributed by atoms with E-state index in [4.69, 9.17) is 0 Å². The van der Waals surface area contributed by atoms with Crippen molar-refractivity contribution in [3.8, 4) is 0 Å². The number of hydrogen-bond acceptors (Lipinski definition) is 2. The summed E-state index contributed by atoms with van der Waals surface area (Å²) in [5.74, 6) is 0. The predicted molar refractivity (Wildman–Crippen MR) is 44.9 cm³/mol. The SMILES string of the molecule is Cl.OC1(CF)CCCCNC1. The van der Waals surface area contributed by atoms with Crippen LogP contribution in [0.15, 0.2) is 0 Å². The highest BCUT2D eigenvalue weighted by atomic mass is 35.5. The van der Waals surface area contributed by atoms with Crippen LogP contribution in [0.5, 0.6) is 0 Å². The largest absolute Gasteiger partial charge is 0.386 e. The van der Waals surface area contributed by atoms with E-state index in [1.165, 1.54) is 0 Å². The number of nitrogens with one attached hydrogen (secondary N) is 1. The summed E-state index contributed by atoms with van der Waals surface area (Å²) < 4.78 is 12.2. The number of halogens is 2. The van der Waals surface area contributed by atoms with Gasteiger partial charge in [-0.25, -0.2) is 4.39 Å². The molecule has 2 nitrogen and oxygen atoms in total. The third-order valence-corrected chi connectivity index (χ3v) is 1.95. The summed E-state index contributed by atoms with van der Waals surface area (Å²) in [5, 5.41) is 12.4. The van der Waals surface area contributed by atoms with E-state index in [1.807, 2.05) is 0 Å². The summed E-state index contributed by atoms with van der Waals surface area (Å²) in [7, 11) is 0. The Morgan fingerprint density at radius 2 is 2.18 bits per heavy atom. The summed E-state index contributed by atoms with van der Waals surface area (Å²) in [6, 6.07) is 0. The van der Waals surface area contributed by atoms with E-state index in [-0.39, 0.29) is 12.4 Å². The molecular formula is C7H15ClFNO. The first-order valence-corrected chi connectivity index (χ1v) is 3.76. The van der Waals surface area contributed by atoms with Crippen LogP contribution in [-0.4, -0.2) is 30.5 Å².